The lowest BCUT2D eigenvalue weighted by Crippen LogP contribution is -2.39. The van der Waals surface area contributed by atoms with Crippen LogP contribution < -0.4 is 9.64 Å². The monoisotopic (exact) mass is 388 g/mol. The van der Waals surface area contributed by atoms with Crippen molar-refractivity contribution in [3.8, 4) is 5.88 Å². The zero-order chi connectivity index (χ0) is 19.5. The van der Waals surface area contributed by atoms with E-state index in [1.54, 1.807) is 6.20 Å². The summed E-state index contributed by atoms with van der Waals surface area (Å²) in [5.74, 6) is 2.33. The second-order valence-electron chi connectivity index (χ2n) is 8.25. The SMILES string of the molecule is c1ccc2nc(N3CCC(Oc4nccnc4C4CCCCC4)CC3)ccc2c1. The molecule has 0 N–H and O–H groups in total. The topological polar surface area (TPSA) is 51.1 Å². The Morgan fingerprint density at radius 1 is 0.828 bits per heavy atom. The number of fused-ring (bicyclic) bond motifs is 1. The van der Waals surface area contributed by atoms with Crippen LogP contribution in [-0.4, -0.2) is 34.1 Å². The van der Waals surface area contributed by atoms with Gasteiger partial charge in [-0.3, -0.25) is 4.98 Å². The van der Waals surface area contributed by atoms with Crippen LogP contribution in [0.25, 0.3) is 10.9 Å². The third-order valence-electron chi connectivity index (χ3n) is 6.31. The van der Waals surface area contributed by atoms with Crippen LogP contribution in [0.5, 0.6) is 5.88 Å². The van der Waals surface area contributed by atoms with E-state index >= 15 is 0 Å². The first-order chi connectivity index (χ1) is 14.4. The molecular weight excluding hydrogens is 360 g/mol. The van der Waals surface area contributed by atoms with Crippen LogP contribution >= 0.6 is 0 Å². The molecule has 0 bridgehead atoms. The zero-order valence-electron chi connectivity index (χ0n) is 16.8. The Labute approximate surface area is 172 Å². The van der Waals surface area contributed by atoms with Crippen LogP contribution in [-0.2, 0) is 0 Å². The third-order valence-corrected chi connectivity index (χ3v) is 6.31. The number of benzene rings is 1. The van der Waals surface area contributed by atoms with Crippen LogP contribution in [0.15, 0.2) is 48.8 Å². The minimum Gasteiger partial charge on any atom is -0.473 e. The van der Waals surface area contributed by atoms with Gasteiger partial charge >= 0.3 is 0 Å². The van der Waals surface area contributed by atoms with Crippen LogP contribution in [0, 0.1) is 0 Å². The molecule has 1 saturated carbocycles. The maximum atomic E-state index is 6.37. The Kier molecular flexibility index (Phi) is 5.29. The molecule has 3 heterocycles. The number of hydrogen-bond acceptors (Lipinski definition) is 5. The highest BCUT2D eigenvalue weighted by atomic mass is 16.5. The average molecular weight is 389 g/mol. The molecule has 1 aliphatic carbocycles. The number of aromatic nitrogens is 3. The second kappa shape index (κ2) is 8.36. The van der Waals surface area contributed by atoms with E-state index in [4.69, 9.17) is 9.72 Å². The number of nitrogens with zero attached hydrogens (tertiary/aromatic N) is 4. The molecule has 2 aliphatic rings. The van der Waals surface area contributed by atoms with E-state index in [0.29, 0.717) is 5.92 Å². The molecule has 3 aromatic rings. The molecule has 1 aliphatic heterocycles. The third kappa shape index (κ3) is 4.04. The van der Waals surface area contributed by atoms with Gasteiger partial charge in [0.25, 0.3) is 0 Å². The highest BCUT2D eigenvalue weighted by Crippen LogP contribution is 2.36. The maximum absolute atomic E-state index is 6.37. The van der Waals surface area contributed by atoms with Gasteiger partial charge in [-0.2, -0.15) is 0 Å². The fourth-order valence-corrected chi connectivity index (χ4v) is 4.67. The molecular formula is C24H28N4O. The largest absolute Gasteiger partial charge is 0.473 e. The summed E-state index contributed by atoms with van der Waals surface area (Å²) in [6, 6.07) is 12.6. The van der Waals surface area contributed by atoms with Crippen molar-refractivity contribution >= 4 is 16.7 Å². The second-order valence-corrected chi connectivity index (χ2v) is 8.25. The number of hydrogen-bond donors (Lipinski definition) is 0. The Morgan fingerprint density at radius 2 is 1.62 bits per heavy atom. The van der Waals surface area contributed by atoms with Gasteiger partial charge in [0.1, 0.15) is 17.6 Å². The van der Waals surface area contributed by atoms with Crippen LogP contribution in [0.1, 0.15) is 56.6 Å². The minimum absolute atomic E-state index is 0.200. The number of anilines is 1. The van der Waals surface area contributed by atoms with E-state index < -0.39 is 0 Å². The molecule has 150 valence electrons. The van der Waals surface area contributed by atoms with Crippen molar-refractivity contribution < 1.29 is 4.74 Å². The summed E-state index contributed by atoms with van der Waals surface area (Å²) >= 11 is 0. The number of para-hydroxylation sites is 1. The van der Waals surface area contributed by atoms with Crippen molar-refractivity contribution in [2.45, 2.75) is 57.0 Å². The number of piperidine rings is 1. The predicted octanol–water partition coefficient (Wildman–Crippen LogP) is 5.12. The number of ether oxygens (including phenoxy) is 1. The summed E-state index contributed by atoms with van der Waals surface area (Å²) in [7, 11) is 0. The van der Waals surface area contributed by atoms with Gasteiger partial charge in [-0.25, -0.2) is 9.97 Å². The maximum Gasteiger partial charge on any atom is 0.236 e. The van der Waals surface area contributed by atoms with Gasteiger partial charge in [0.15, 0.2) is 0 Å². The lowest BCUT2D eigenvalue weighted by molar-refractivity contribution is 0.159. The van der Waals surface area contributed by atoms with Gasteiger partial charge in [0.2, 0.25) is 5.88 Å². The first-order valence-electron chi connectivity index (χ1n) is 10.9. The molecule has 5 heteroatoms. The standard InChI is InChI=1S/C24H28N4O/c1-2-7-19(8-3-1)23-24(26-15-14-25-23)29-20-12-16-28(17-13-20)22-11-10-18-6-4-5-9-21(18)27-22/h4-6,9-11,14-15,19-20H,1-3,7-8,12-13,16-17H2. The van der Waals surface area contributed by atoms with Crippen molar-refractivity contribution in [3.05, 3.63) is 54.5 Å². The molecule has 1 saturated heterocycles. The molecule has 0 atom stereocenters. The van der Waals surface area contributed by atoms with E-state index in [2.05, 4.69) is 45.2 Å². The first-order valence-corrected chi connectivity index (χ1v) is 10.9. The van der Waals surface area contributed by atoms with Crippen LogP contribution in [0.3, 0.4) is 0 Å². The van der Waals surface area contributed by atoms with Gasteiger partial charge in [0.05, 0.1) is 5.52 Å². The molecule has 2 fully saturated rings. The Morgan fingerprint density at radius 3 is 2.48 bits per heavy atom. The predicted molar refractivity (Wildman–Crippen MR) is 115 cm³/mol. The van der Waals surface area contributed by atoms with Crippen LogP contribution in [0.2, 0.25) is 0 Å². The number of pyridine rings is 1. The number of rotatable bonds is 4. The van der Waals surface area contributed by atoms with E-state index in [-0.39, 0.29) is 6.10 Å². The Bertz CT molecular complexity index is 962. The molecule has 29 heavy (non-hydrogen) atoms. The van der Waals surface area contributed by atoms with Crippen molar-refractivity contribution in [2.75, 3.05) is 18.0 Å². The molecule has 0 amide bonds. The molecule has 0 spiro atoms. The quantitative estimate of drug-likeness (QED) is 0.621. The summed E-state index contributed by atoms with van der Waals surface area (Å²) in [6.45, 7) is 1.91. The summed E-state index contributed by atoms with van der Waals surface area (Å²) in [5.41, 5.74) is 2.13. The Hall–Kier alpha value is -2.69. The van der Waals surface area contributed by atoms with E-state index in [1.165, 1.54) is 37.5 Å². The summed E-state index contributed by atoms with van der Waals surface area (Å²) in [4.78, 5) is 16.4. The average Bonchev–Trinajstić information content (AvgIpc) is 2.80. The lowest BCUT2D eigenvalue weighted by atomic mass is 9.87. The van der Waals surface area contributed by atoms with Gasteiger partial charge in [-0.1, -0.05) is 37.5 Å². The summed E-state index contributed by atoms with van der Waals surface area (Å²) < 4.78 is 6.37. The fourth-order valence-electron chi connectivity index (χ4n) is 4.67. The fraction of sp³-hybridized carbons (Fsp3) is 0.458. The Balaban J connectivity index is 1.24. The van der Waals surface area contributed by atoms with Gasteiger partial charge in [-0.15, -0.1) is 0 Å². The normalized spacial score (nSPS) is 18.8. The van der Waals surface area contributed by atoms with Crippen molar-refractivity contribution in [3.63, 3.8) is 0 Å². The van der Waals surface area contributed by atoms with Crippen molar-refractivity contribution in [2.24, 2.45) is 0 Å². The van der Waals surface area contributed by atoms with Crippen molar-refractivity contribution in [1.82, 2.24) is 15.0 Å². The van der Waals surface area contributed by atoms with Crippen LogP contribution in [0.4, 0.5) is 5.82 Å². The van der Waals surface area contributed by atoms with E-state index in [1.807, 2.05) is 12.3 Å². The van der Waals surface area contributed by atoms with Gasteiger partial charge in [-0.05, 0) is 31.0 Å². The van der Waals surface area contributed by atoms with Gasteiger partial charge in [0, 0.05) is 49.6 Å². The minimum atomic E-state index is 0.200. The summed E-state index contributed by atoms with van der Waals surface area (Å²) in [6.07, 6.45) is 12.1. The molecule has 1 aromatic carbocycles. The zero-order valence-corrected chi connectivity index (χ0v) is 16.8. The first kappa shape index (κ1) is 18.3. The summed E-state index contributed by atoms with van der Waals surface area (Å²) in [5, 5.41) is 1.19. The molecule has 2 aromatic heterocycles. The molecule has 0 radical (unpaired) electrons. The highest BCUT2D eigenvalue weighted by Gasteiger charge is 2.26. The highest BCUT2D eigenvalue weighted by molar-refractivity contribution is 5.80. The van der Waals surface area contributed by atoms with Crippen molar-refractivity contribution in [1.29, 1.82) is 0 Å². The molecule has 5 nitrogen and oxygen atoms in total. The lowest BCUT2D eigenvalue weighted by Gasteiger charge is -2.33. The molecule has 5 rings (SSSR count). The smallest absolute Gasteiger partial charge is 0.236 e. The van der Waals surface area contributed by atoms with E-state index in [9.17, 15) is 0 Å². The molecule has 0 unspecified atom stereocenters. The van der Waals surface area contributed by atoms with Gasteiger partial charge < -0.3 is 9.64 Å². The van der Waals surface area contributed by atoms with E-state index in [0.717, 1.165) is 48.8 Å².